The lowest BCUT2D eigenvalue weighted by atomic mass is 10.1. The molecular weight excluding hydrogens is 252 g/mol. The lowest BCUT2D eigenvalue weighted by Crippen LogP contribution is -2.31. The highest BCUT2D eigenvalue weighted by atomic mass is 16.6. The number of ether oxygens (including phenoxy) is 2. The molecule has 0 aliphatic carbocycles. The first-order chi connectivity index (χ1) is 9.07. The zero-order valence-corrected chi connectivity index (χ0v) is 11.6. The molecule has 112 valence electrons. The van der Waals surface area contributed by atoms with Gasteiger partial charge in [0.2, 0.25) is 5.91 Å². The van der Waals surface area contributed by atoms with Crippen LogP contribution in [-0.2, 0) is 23.9 Å². The SMILES string of the molecule is CC(C)C(=O)CCOCCOCCNC(=O)CON. The summed E-state index contributed by atoms with van der Waals surface area (Å²) in [7, 11) is 0. The Morgan fingerprint density at radius 2 is 1.74 bits per heavy atom. The fraction of sp³-hybridized carbons (Fsp3) is 0.833. The van der Waals surface area contributed by atoms with E-state index in [2.05, 4.69) is 10.2 Å². The molecule has 0 aromatic rings. The highest BCUT2D eigenvalue weighted by Gasteiger charge is 2.06. The Balaban J connectivity index is 3.19. The summed E-state index contributed by atoms with van der Waals surface area (Å²) in [5, 5.41) is 2.56. The van der Waals surface area contributed by atoms with E-state index in [1.54, 1.807) is 0 Å². The highest BCUT2D eigenvalue weighted by molar-refractivity contribution is 5.80. The summed E-state index contributed by atoms with van der Waals surface area (Å²) in [5.74, 6) is 4.71. The molecule has 0 bridgehead atoms. The molecule has 0 aromatic carbocycles. The van der Waals surface area contributed by atoms with Crippen LogP contribution in [0.3, 0.4) is 0 Å². The van der Waals surface area contributed by atoms with Crippen LogP contribution >= 0.6 is 0 Å². The molecule has 0 atom stereocenters. The van der Waals surface area contributed by atoms with Crippen LogP contribution in [0.4, 0.5) is 0 Å². The van der Waals surface area contributed by atoms with Gasteiger partial charge in [-0.3, -0.25) is 14.4 Å². The number of nitrogens with one attached hydrogen (secondary N) is 1. The maximum absolute atomic E-state index is 11.3. The number of rotatable bonds is 12. The zero-order valence-electron chi connectivity index (χ0n) is 11.6. The van der Waals surface area contributed by atoms with Gasteiger partial charge in [-0.25, -0.2) is 5.90 Å². The van der Waals surface area contributed by atoms with Crippen molar-refractivity contribution in [1.29, 1.82) is 0 Å². The van der Waals surface area contributed by atoms with E-state index in [4.69, 9.17) is 15.4 Å². The second-order valence-corrected chi connectivity index (χ2v) is 4.26. The number of ketones is 1. The fourth-order valence-electron chi connectivity index (χ4n) is 1.17. The van der Waals surface area contributed by atoms with E-state index in [0.717, 1.165) is 0 Å². The summed E-state index contributed by atoms with van der Waals surface area (Å²) in [6.07, 6.45) is 0.437. The van der Waals surface area contributed by atoms with Crippen molar-refractivity contribution < 1.29 is 23.9 Å². The smallest absolute Gasteiger partial charge is 0.248 e. The van der Waals surface area contributed by atoms with Crippen molar-refractivity contribution in [2.24, 2.45) is 11.8 Å². The first kappa shape index (κ1) is 18.0. The molecule has 0 aliphatic rings. The van der Waals surface area contributed by atoms with Crippen molar-refractivity contribution in [3.63, 3.8) is 0 Å². The molecular formula is C12H24N2O5. The number of hydrogen-bond donors (Lipinski definition) is 2. The molecule has 3 N–H and O–H groups in total. The Hall–Kier alpha value is -1.02. The van der Waals surface area contributed by atoms with Crippen LogP contribution in [0.15, 0.2) is 0 Å². The summed E-state index contributed by atoms with van der Waals surface area (Å²) in [5.41, 5.74) is 0. The van der Waals surface area contributed by atoms with E-state index >= 15 is 0 Å². The van der Waals surface area contributed by atoms with Crippen molar-refractivity contribution in [3.05, 3.63) is 0 Å². The molecule has 0 aromatic heterocycles. The van der Waals surface area contributed by atoms with Gasteiger partial charge in [0.05, 0.1) is 26.4 Å². The zero-order chi connectivity index (χ0) is 14.5. The molecule has 0 saturated carbocycles. The fourth-order valence-corrected chi connectivity index (χ4v) is 1.17. The van der Waals surface area contributed by atoms with E-state index in [-0.39, 0.29) is 24.2 Å². The maximum atomic E-state index is 11.3. The summed E-state index contributed by atoms with van der Waals surface area (Å²) in [6.45, 7) is 5.66. The van der Waals surface area contributed by atoms with Gasteiger partial charge in [0, 0.05) is 18.9 Å². The van der Waals surface area contributed by atoms with Crippen molar-refractivity contribution in [2.45, 2.75) is 20.3 Å². The molecule has 0 unspecified atom stereocenters. The normalized spacial score (nSPS) is 10.7. The van der Waals surface area contributed by atoms with Gasteiger partial charge < -0.3 is 14.8 Å². The van der Waals surface area contributed by atoms with Gasteiger partial charge >= 0.3 is 0 Å². The molecule has 7 heteroatoms. The molecule has 19 heavy (non-hydrogen) atoms. The first-order valence-corrected chi connectivity index (χ1v) is 6.34. The molecule has 0 radical (unpaired) electrons. The van der Waals surface area contributed by atoms with E-state index < -0.39 is 0 Å². The average Bonchev–Trinajstić information content (AvgIpc) is 2.36. The third kappa shape index (κ3) is 11.8. The van der Waals surface area contributed by atoms with Crippen LogP contribution in [0.1, 0.15) is 20.3 Å². The van der Waals surface area contributed by atoms with Gasteiger partial charge in [-0.2, -0.15) is 0 Å². The quantitative estimate of drug-likeness (QED) is 0.373. The minimum atomic E-state index is -0.283. The van der Waals surface area contributed by atoms with Gasteiger partial charge in [0.1, 0.15) is 12.4 Å². The van der Waals surface area contributed by atoms with Crippen molar-refractivity contribution in [3.8, 4) is 0 Å². The average molecular weight is 276 g/mol. The predicted octanol–water partition coefficient (Wildman–Crippen LogP) is -0.359. The standard InChI is InChI=1S/C12H24N2O5/c1-10(2)11(15)3-5-17-7-8-18-6-4-14-12(16)9-19-13/h10H,3-9,13H2,1-2H3,(H,14,16). The minimum Gasteiger partial charge on any atom is -0.379 e. The van der Waals surface area contributed by atoms with Crippen molar-refractivity contribution in [1.82, 2.24) is 5.32 Å². The molecule has 7 nitrogen and oxygen atoms in total. The van der Waals surface area contributed by atoms with Crippen molar-refractivity contribution >= 4 is 11.7 Å². The lowest BCUT2D eigenvalue weighted by Gasteiger charge is -2.07. The summed E-state index contributed by atoms with van der Waals surface area (Å²) < 4.78 is 10.5. The number of Topliss-reactive ketones (excluding diaryl/α,β-unsaturated/α-hetero) is 1. The summed E-state index contributed by atoms with van der Waals surface area (Å²) in [6, 6.07) is 0. The van der Waals surface area contributed by atoms with Crippen LogP contribution in [0.5, 0.6) is 0 Å². The number of hydrogen-bond acceptors (Lipinski definition) is 6. The third-order valence-electron chi connectivity index (χ3n) is 2.29. The Bertz CT molecular complexity index is 259. The number of carbonyl (C=O) groups excluding carboxylic acids is 2. The van der Waals surface area contributed by atoms with Crippen LogP contribution in [-0.4, -0.2) is 51.3 Å². The number of carbonyl (C=O) groups is 2. The predicted molar refractivity (Wildman–Crippen MR) is 69.2 cm³/mol. The summed E-state index contributed by atoms with van der Waals surface area (Å²) in [4.78, 5) is 26.3. The van der Waals surface area contributed by atoms with Crippen molar-refractivity contribution in [2.75, 3.05) is 39.6 Å². The van der Waals surface area contributed by atoms with Crippen LogP contribution < -0.4 is 11.2 Å². The Morgan fingerprint density at radius 3 is 2.32 bits per heavy atom. The van der Waals surface area contributed by atoms with E-state index in [0.29, 0.717) is 39.4 Å². The van der Waals surface area contributed by atoms with Gasteiger partial charge in [-0.1, -0.05) is 13.8 Å². The van der Waals surface area contributed by atoms with E-state index in [9.17, 15) is 9.59 Å². The van der Waals surface area contributed by atoms with Crippen LogP contribution in [0.25, 0.3) is 0 Å². The molecule has 0 aliphatic heterocycles. The van der Waals surface area contributed by atoms with Gasteiger partial charge in [-0.05, 0) is 0 Å². The van der Waals surface area contributed by atoms with Crippen LogP contribution in [0.2, 0.25) is 0 Å². The highest BCUT2D eigenvalue weighted by Crippen LogP contribution is 1.98. The second-order valence-electron chi connectivity index (χ2n) is 4.26. The van der Waals surface area contributed by atoms with Gasteiger partial charge in [0.15, 0.2) is 0 Å². The molecule has 0 spiro atoms. The minimum absolute atomic E-state index is 0.0564. The van der Waals surface area contributed by atoms with Gasteiger partial charge in [0.25, 0.3) is 0 Å². The largest absolute Gasteiger partial charge is 0.379 e. The number of amides is 1. The molecule has 1 amide bonds. The summed E-state index contributed by atoms with van der Waals surface area (Å²) >= 11 is 0. The monoisotopic (exact) mass is 276 g/mol. The Labute approximate surface area is 113 Å². The molecule has 0 heterocycles. The Kier molecular flexibility index (Phi) is 11.4. The van der Waals surface area contributed by atoms with E-state index in [1.165, 1.54) is 0 Å². The maximum Gasteiger partial charge on any atom is 0.248 e. The molecule has 0 rings (SSSR count). The van der Waals surface area contributed by atoms with E-state index in [1.807, 2.05) is 13.8 Å². The molecule has 0 fully saturated rings. The third-order valence-corrected chi connectivity index (χ3v) is 2.29. The second kappa shape index (κ2) is 12.0. The van der Waals surface area contributed by atoms with Crippen LogP contribution in [0, 0.1) is 5.92 Å². The van der Waals surface area contributed by atoms with Gasteiger partial charge in [-0.15, -0.1) is 0 Å². The molecule has 0 saturated heterocycles. The Morgan fingerprint density at radius 1 is 1.11 bits per heavy atom. The lowest BCUT2D eigenvalue weighted by molar-refractivity contribution is -0.126. The topological polar surface area (TPSA) is 99.9 Å². The first-order valence-electron chi connectivity index (χ1n) is 6.34. The number of nitrogens with two attached hydrogens (primary N) is 1.